The van der Waals surface area contributed by atoms with E-state index in [-0.39, 0.29) is 16.8 Å². The van der Waals surface area contributed by atoms with Crippen molar-refractivity contribution in [2.24, 2.45) is 0 Å². The fraction of sp³-hybridized carbons (Fsp3) is 0.200. The van der Waals surface area contributed by atoms with Gasteiger partial charge in [0, 0.05) is 23.4 Å². The molecule has 0 heterocycles. The van der Waals surface area contributed by atoms with Crippen LogP contribution in [0, 0.1) is 22.9 Å². The molecule has 2 aromatic carbocycles. The first-order chi connectivity index (χ1) is 9.88. The van der Waals surface area contributed by atoms with E-state index in [0.29, 0.717) is 11.3 Å². The van der Waals surface area contributed by atoms with Crippen LogP contribution in [0.3, 0.4) is 0 Å². The number of nitro benzene ring substituents is 1. The molecule has 0 spiro atoms. The van der Waals surface area contributed by atoms with Crippen molar-refractivity contribution in [3.05, 3.63) is 68.5 Å². The lowest BCUT2D eigenvalue weighted by atomic mass is 10.0. The van der Waals surface area contributed by atoms with Crippen molar-refractivity contribution >= 4 is 23.0 Å². The molecular formula is C15H14ClFN2O2. The zero-order valence-electron chi connectivity index (χ0n) is 11.6. The molecule has 0 fully saturated rings. The average molecular weight is 309 g/mol. The quantitative estimate of drug-likeness (QED) is 0.647. The number of hydrogen-bond acceptors (Lipinski definition) is 3. The third-order valence-electron chi connectivity index (χ3n) is 3.23. The zero-order chi connectivity index (χ0) is 15.6. The number of nitro groups is 1. The van der Waals surface area contributed by atoms with Crippen LogP contribution < -0.4 is 5.32 Å². The molecule has 2 rings (SSSR count). The summed E-state index contributed by atoms with van der Waals surface area (Å²) in [6.07, 6.45) is 0. The largest absolute Gasteiger partial charge is 0.378 e. The van der Waals surface area contributed by atoms with E-state index in [4.69, 9.17) is 11.6 Å². The van der Waals surface area contributed by atoms with Crippen molar-refractivity contribution < 1.29 is 9.31 Å². The predicted octanol–water partition coefficient (Wildman–Crippen LogP) is 4.87. The van der Waals surface area contributed by atoms with Crippen LogP contribution in [0.5, 0.6) is 0 Å². The first-order valence-electron chi connectivity index (χ1n) is 6.35. The number of hydrogen-bond donors (Lipinski definition) is 1. The number of aryl methyl sites for hydroxylation is 1. The molecule has 0 aliphatic carbocycles. The summed E-state index contributed by atoms with van der Waals surface area (Å²) in [5.74, 6) is -0.510. The van der Waals surface area contributed by atoms with Gasteiger partial charge in [-0.1, -0.05) is 23.7 Å². The van der Waals surface area contributed by atoms with E-state index in [0.717, 1.165) is 5.56 Å². The van der Waals surface area contributed by atoms with Gasteiger partial charge >= 0.3 is 0 Å². The van der Waals surface area contributed by atoms with Crippen molar-refractivity contribution in [3.63, 3.8) is 0 Å². The first-order valence-corrected chi connectivity index (χ1v) is 6.73. The number of halogens is 2. The number of nitrogens with zero attached hydrogens (tertiary/aromatic N) is 1. The fourth-order valence-corrected chi connectivity index (χ4v) is 2.13. The second-order valence-corrected chi connectivity index (χ2v) is 5.21. The van der Waals surface area contributed by atoms with E-state index in [1.165, 1.54) is 18.2 Å². The Bertz CT molecular complexity index is 691. The highest BCUT2D eigenvalue weighted by atomic mass is 35.5. The smallest absolute Gasteiger partial charge is 0.272 e. The summed E-state index contributed by atoms with van der Waals surface area (Å²) in [6, 6.07) is 9.25. The summed E-state index contributed by atoms with van der Waals surface area (Å²) in [4.78, 5) is 10.5. The van der Waals surface area contributed by atoms with Gasteiger partial charge in [-0.25, -0.2) is 4.39 Å². The Morgan fingerprint density at radius 2 is 2.00 bits per heavy atom. The molecule has 6 heteroatoms. The molecule has 1 N–H and O–H groups in total. The molecule has 1 unspecified atom stereocenters. The average Bonchev–Trinajstić information content (AvgIpc) is 2.43. The van der Waals surface area contributed by atoms with Gasteiger partial charge in [0.25, 0.3) is 5.69 Å². The van der Waals surface area contributed by atoms with Crippen LogP contribution in [0.1, 0.15) is 24.1 Å². The molecule has 0 saturated heterocycles. The standard InChI is InChI=1S/C15H14ClFN2O2/c1-9-3-4-11(7-15(9)19(20)21)10(2)18-12-5-6-13(16)14(17)8-12/h3-8,10,18H,1-2H3. The Morgan fingerprint density at radius 3 is 2.62 bits per heavy atom. The van der Waals surface area contributed by atoms with Gasteiger partial charge in [0.05, 0.1) is 9.95 Å². The lowest BCUT2D eigenvalue weighted by Crippen LogP contribution is -2.07. The van der Waals surface area contributed by atoms with E-state index >= 15 is 0 Å². The molecule has 0 bridgehead atoms. The number of benzene rings is 2. The van der Waals surface area contributed by atoms with Crippen molar-refractivity contribution in [2.75, 3.05) is 5.32 Å². The maximum absolute atomic E-state index is 13.4. The topological polar surface area (TPSA) is 55.2 Å². The molecule has 0 amide bonds. The van der Waals surface area contributed by atoms with Crippen LogP contribution in [0.15, 0.2) is 36.4 Å². The SMILES string of the molecule is Cc1ccc(C(C)Nc2ccc(Cl)c(F)c2)cc1[N+](=O)[O-]. The van der Waals surface area contributed by atoms with Gasteiger partial charge in [0.2, 0.25) is 0 Å². The normalized spacial score (nSPS) is 12.0. The second-order valence-electron chi connectivity index (χ2n) is 4.80. The Balaban J connectivity index is 2.23. The van der Waals surface area contributed by atoms with Gasteiger partial charge in [0.1, 0.15) is 5.82 Å². The second kappa shape index (κ2) is 6.10. The van der Waals surface area contributed by atoms with E-state index in [9.17, 15) is 14.5 Å². The molecule has 2 aromatic rings. The molecule has 0 aromatic heterocycles. The highest BCUT2D eigenvalue weighted by molar-refractivity contribution is 6.30. The van der Waals surface area contributed by atoms with Crippen molar-refractivity contribution in [1.29, 1.82) is 0 Å². The number of rotatable bonds is 4. The van der Waals surface area contributed by atoms with Crippen molar-refractivity contribution in [1.82, 2.24) is 0 Å². The minimum absolute atomic E-state index is 0.0548. The molecular weight excluding hydrogens is 295 g/mol. The Kier molecular flexibility index (Phi) is 4.43. The molecule has 21 heavy (non-hydrogen) atoms. The highest BCUT2D eigenvalue weighted by Gasteiger charge is 2.14. The lowest BCUT2D eigenvalue weighted by Gasteiger charge is -2.16. The van der Waals surface area contributed by atoms with Crippen molar-refractivity contribution in [3.8, 4) is 0 Å². The van der Waals surface area contributed by atoms with Gasteiger partial charge in [-0.3, -0.25) is 10.1 Å². The molecule has 0 saturated carbocycles. The minimum Gasteiger partial charge on any atom is -0.378 e. The van der Waals surface area contributed by atoms with E-state index in [1.807, 2.05) is 13.0 Å². The van der Waals surface area contributed by atoms with Gasteiger partial charge < -0.3 is 5.32 Å². The summed E-state index contributed by atoms with van der Waals surface area (Å²) >= 11 is 5.63. The van der Waals surface area contributed by atoms with E-state index < -0.39 is 10.7 Å². The maximum atomic E-state index is 13.4. The van der Waals surface area contributed by atoms with Crippen LogP contribution in [0.2, 0.25) is 5.02 Å². The van der Waals surface area contributed by atoms with Crippen LogP contribution in [-0.2, 0) is 0 Å². The van der Waals surface area contributed by atoms with E-state index in [1.54, 1.807) is 19.1 Å². The maximum Gasteiger partial charge on any atom is 0.272 e. The Labute approximate surface area is 126 Å². The van der Waals surface area contributed by atoms with Crippen molar-refractivity contribution in [2.45, 2.75) is 19.9 Å². The van der Waals surface area contributed by atoms with Gasteiger partial charge in [-0.05, 0) is 37.6 Å². The van der Waals surface area contributed by atoms with Crippen LogP contribution in [0.25, 0.3) is 0 Å². The third kappa shape index (κ3) is 3.49. The fourth-order valence-electron chi connectivity index (χ4n) is 2.01. The molecule has 4 nitrogen and oxygen atoms in total. The summed E-state index contributed by atoms with van der Waals surface area (Å²) in [7, 11) is 0. The zero-order valence-corrected chi connectivity index (χ0v) is 12.3. The molecule has 0 aliphatic rings. The molecule has 1 atom stereocenters. The lowest BCUT2D eigenvalue weighted by molar-refractivity contribution is -0.385. The summed E-state index contributed by atoms with van der Waals surface area (Å²) in [6.45, 7) is 3.54. The van der Waals surface area contributed by atoms with Gasteiger partial charge in [0.15, 0.2) is 0 Å². The molecule has 0 aliphatic heterocycles. The monoisotopic (exact) mass is 308 g/mol. The van der Waals surface area contributed by atoms with Gasteiger partial charge in [-0.15, -0.1) is 0 Å². The minimum atomic E-state index is -0.510. The Hall–Kier alpha value is -2.14. The van der Waals surface area contributed by atoms with Crippen LogP contribution in [0.4, 0.5) is 15.8 Å². The molecule has 0 radical (unpaired) electrons. The number of nitrogens with one attached hydrogen (secondary N) is 1. The summed E-state index contributed by atoms with van der Waals surface area (Å²) in [5, 5.41) is 14.1. The first kappa shape index (κ1) is 15.3. The number of anilines is 1. The summed E-state index contributed by atoms with van der Waals surface area (Å²) < 4.78 is 13.4. The molecule has 110 valence electrons. The predicted molar refractivity (Wildman–Crippen MR) is 81.3 cm³/mol. The van der Waals surface area contributed by atoms with Crippen LogP contribution >= 0.6 is 11.6 Å². The summed E-state index contributed by atoms with van der Waals surface area (Å²) in [5.41, 5.74) is 1.99. The highest BCUT2D eigenvalue weighted by Crippen LogP contribution is 2.26. The van der Waals surface area contributed by atoms with Gasteiger partial charge in [-0.2, -0.15) is 0 Å². The third-order valence-corrected chi connectivity index (χ3v) is 3.54. The van der Waals surface area contributed by atoms with E-state index in [2.05, 4.69) is 5.32 Å². The van der Waals surface area contributed by atoms with Crippen LogP contribution in [-0.4, -0.2) is 4.92 Å². The Morgan fingerprint density at radius 1 is 1.29 bits per heavy atom.